The van der Waals surface area contributed by atoms with Gasteiger partial charge in [0, 0.05) is 18.4 Å². The van der Waals surface area contributed by atoms with E-state index in [1.165, 1.54) is 30.5 Å². The van der Waals surface area contributed by atoms with E-state index in [9.17, 15) is 22.4 Å². The van der Waals surface area contributed by atoms with Gasteiger partial charge in [-0.3, -0.25) is 4.79 Å². The van der Waals surface area contributed by atoms with Gasteiger partial charge < -0.3 is 9.73 Å². The predicted octanol–water partition coefficient (Wildman–Crippen LogP) is 4.47. The van der Waals surface area contributed by atoms with Gasteiger partial charge >= 0.3 is 0 Å². The fourth-order valence-electron chi connectivity index (χ4n) is 2.23. The molecule has 134 valence electrons. The summed E-state index contributed by atoms with van der Waals surface area (Å²) in [5.74, 6) is -4.79. The number of nitrogens with one attached hydrogen (secondary N) is 1. The lowest BCUT2D eigenvalue weighted by molar-refractivity contribution is -0.116. The van der Waals surface area contributed by atoms with Crippen LogP contribution in [0.4, 0.5) is 23.2 Å². The van der Waals surface area contributed by atoms with E-state index in [-0.39, 0.29) is 24.5 Å². The Morgan fingerprint density at radius 2 is 1.73 bits per heavy atom. The van der Waals surface area contributed by atoms with E-state index in [4.69, 9.17) is 4.42 Å². The molecule has 0 aliphatic heterocycles. The van der Waals surface area contributed by atoms with Crippen LogP contribution < -0.4 is 5.32 Å². The maximum atomic E-state index is 13.5. The molecule has 0 spiro atoms. The molecule has 0 radical (unpaired) electrons. The van der Waals surface area contributed by atoms with Crippen molar-refractivity contribution in [1.29, 1.82) is 0 Å². The minimum absolute atomic E-state index is 0.109. The number of carbonyl (C=O) groups excluding carboxylic acids is 1. The van der Waals surface area contributed by atoms with Crippen molar-refractivity contribution in [2.45, 2.75) is 12.8 Å². The Labute approximate surface area is 145 Å². The molecular weight excluding hydrogens is 352 g/mol. The molecule has 0 unspecified atom stereocenters. The highest BCUT2D eigenvalue weighted by Crippen LogP contribution is 2.22. The Hall–Kier alpha value is -3.16. The summed E-state index contributed by atoms with van der Waals surface area (Å²) >= 11 is 0. The summed E-state index contributed by atoms with van der Waals surface area (Å²) in [6, 6.07) is 7.26. The molecule has 26 heavy (non-hydrogen) atoms. The number of amides is 1. The standard InChI is InChI=1S/C18H12F4N2O2/c19-11-3-1-10(2-4-11)14-9-23-16(26-14)8-7-15(25)24-13-6-5-12(20)17(21)18(13)22/h1-6,9H,7-8H2,(H,24,25). The Kier molecular flexibility index (Phi) is 5.01. The third-order valence-corrected chi connectivity index (χ3v) is 3.56. The average molecular weight is 364 g/mol. The van der Waals surface area contributed by atoms with Crippen LogP contribution in [0.15, 0.2) is 47.0 Å². The van der Waals surface area contributed by atoms with Crippen molar-refractivity contribution >= 4 is 11.6 Å². The molecule has 4 nitrogen and oxygen atoms in total. The van der Waals surface area contributed by atoms with E-state index < -0.39 is 29.0 Å². The van der Waals surface area contributed by atoms with Crippen LogP contribution in [0.1, 0.15) is 12.3 Å². The van der Waals surface area contributed by atoms with Crippen molar-refractivity contribution < 1.29 is 26.8 Å². The van der Waals surface area contributed by atoms with Crippen LogP contribution in [-0.2, 0) is 11.2 Å². The van der Waals surface area contributed by atoms with Crippen molar-refractivity contribution in [1.82, 2.24) is 4.98 Å². The number of oxazole rings is 1. The van der Waals surface area contributed by atoms with Gasteiger partial charge in [-0.1, -0.05) is 0 Å². The third kappa shape index (κ3) is 3.90. The van der Waals surface area contributed by atoms with Crippen molar-refractivity contribution in [2.75, 3.05) is 5.32 Å². The summed E-state index contributed by atoms with van der Waals surface area (Å²) in [5.41, 5.74) is 0.173. The first kappa shape index (κ1) is 17.7. The van der Waals surface area contributed by atoms with Crippen molar-refractivity contribution in [3.05, 3.63) is 71.8 Å². The maximum absolute atomic E-state index is 13.5. The first-order valence-electron chi connectivity index (χ1n) is 7.58. The summed E-state index contributed by atoms with van der Waals surface area (Å²) < 4.78 is 57.9. The molecule has 3 rings (SSSR count). The van der Waals surface area contributed by atoms with Gasteiger partial charge in [0.05, 0.1) is 11.9 Å². The number of nitrogens with zero attached hydrogens (tertiary/aromatic N) is 1. The quantitative estimate of drug-likeness (QED) is 0.537. The SMILES string of the molecule is O=C(CCc1ncc(-c2ccc(F)cc2)o1)Nc1ccc(F)c(F)c1F. The number of hydrogen-bond acceptors (Lipinski definition) is 3. The number of halogens is 4. The fourth-order valence-corrected chi connectivity index (χ4v) is 2.23. The van der Waals surface area contributed by atoms with Crippen LogP contribution in [0, 0.1) is 23.3 Å². The monoisotopic (exact) mass is 364 g/mol. The fraction of sp³-hybridized carbons (Fsp3) is 0.111. The lowest BCUT2D eigenvalue weighted by atomic mass is 10.2. The lowest BCUT2D eigenvalue weighted by Crippen LogP contribution is -2.14. The molecule has 3 aromatic rings. The largest absolute Gasteiger partial charge is 0.441 e. The Morgan fingerprint density at radius 1 is 1.00 bits per heavy atom. The molecule has 0 fully saturated rings. The number of aromatic nitrogens is 1. The summed E-state index contributed by atoms with van der Waals surface area (Å²) in [4.78, 5) is 15.9. The zero-order chi connectivity index (χ0) is 18.7. The molecule has 1 amide bonds. The number of benzene rings is 2. The molecule has 0 saturated carbocycles. The number of carbonyl (C=O) groups is 1. The highest BCUT2D eigenvalue weighted by atomic mass is 19.2. The Bertz CT molecular complexity index is 939. The molecule has 2 aromatic carbocycles. The topological polar surface area (TPSA) is 55.1 Å². The van der Waals surface area contributed by atoms with E-state index in [2.05, 4.69) is 10.3 Å². The van der Waals surface area contributed by atoms with Gasteiger partial charge in [0.2, 0.25) is 5.91 Å². The number of hydrogen-bond donors (Lipinski definition) is 1. The maximum Gasteiger partial charge on any atom is 0.224 e. The number of rotatable bonds is 5. The molecule has 0 atom stereocenters. The molecule has 1 N–H and O–H groups in total. The van der Waals surface area contributed by atoms with Crippen LogP contribution >= 0.6 is 0 Å². The normalized spacial score (nSPS) is 10.8. The Balaban J connectivity index is 1.60. The van der Waals surface area contributed by atoms with E-state index in [0.717, 1.165) is 12.1 Å². The van der Waals surface area contributed by atoms with Gasteiger partial charge in [-0.15, -0.1) is 0 Å². The van der Waals surface area contributed by atoms with Crippen LogP contribution in [0.2, 0.25) is 0 Å². The second kappa shape index (κ2) is 7.38. The average Bonchev–Trinajstić information content (AvgIpc) is 3.10. The highest BCUT2D eigenvalue weighted by Gasteiger charge is 2.16. The number of aryl methyl sites for hydroxylation is 1. The zero-order valence-corrected chi connectivity index (χ0v) is 13.2. The minimum Gasteiger partial charge on any atom is -0.441 e. The Morgan fingerprint density at radius 3 is 2.46 bits per heavy atom. The van der Waals surface area contributed by atoms with Crippen molar-refractivity contribution in [3.63, 3.8) is 0 Å². The van der Waals surface area contributed by atoms with Crippen LogP contribution in [-0.4, -0.2) is 10.9 Å². The van der Waals surface area contributed by atoms with Crippen molar-refractivity contribution in [2.24, 2.45) is 0 Å². The van der Waals surface area contributed by atoms with Gasteiger partial charge in [-0.25, -0.2) is 22.5 Å². The molecule has 0 aliphatic carbocycles. The van der Waals surface area contributed by atoms with E-state index >= 15 is 0 Å². The molecule has 8 heteroatoms. The zero-order valence-electron chi connectivity index (χ0n) is 13.2. The minimum atomic E-state index is -1.65. The van der Waals surface area contributed by atoms with Crippen LogP contribution in [0.3, 0.4) is 0 Å². The highest BCUT2D eigenvalue weighted by molar-refractivity contribution is 5.90. The predicted molar refractivity (Wildman–Crippen MR) is 85.2 cm³/mol. The van der Waals surface area contributed by atoms with Gasteiger partial charge in [-0.05, 0) is 36.4 Å². The molecular formula is C18H12F4N2O2. The smallest absolute Gasteiger partial charge is 0.224 e. The lowest BCUT2D eigenvalue weighted by Gasteiger charge is -2.06. The van der Waals surface area contributed by atoms with E-state index in [1.54, 1.807) is 0 Å². The van der Waals surface area contributed by atoms with Gasteiger partial charge in [0.25, 0.3) is 0 Å². The summed E-state index contributed by atoms with van der Waals surface area (Å²) in [7, 11) is 0. The summed E-state index contributed by atoms with van der Waals surface area (Å²) in [6.45, 7) is 0. The molecule has 0 aliphatic rings. The van der Waals surface area contributed by atoms with Crippen molar-refractivity contribution in [3.8, 4) is 11.3 Å². The molecule has 0 bridgehead atoms. The summed E-state index contributed by atoms with van der Waals surface area (Å²) in [5, 5.41) is 2.16. The molecule has 1 aromatic heterocycles. The first-order chi connectivity index (χ1) is 12.4. The van der Waals surface area contributed by atoms with Gasteiger partial charge in [0.1, 0.15) is 5.82 Å². The summed E-state index contributed by atoms with van der Waals surface area (Å²) in [6.07, 6.45) is 1.44. The third-order valence-electron chi connectivity index (χ3n) is 3.56. The number of anilines is 1. The van der Waals surface area contributed by atoms with Crippen LogP contribution in [0.25, 0.3) is 11.3 Å². The van der Waals surface area contributed by atoms with E-state index in [1.807, 2.05) is 0 Å². The molecule has 1 heterocycles. The van der Waals surface area contributed by atoms with Gasteiger partial charge in [-0.2, -0.15) is 0 Å². The first-order valence-corrected chi connectivity index (χ1v) is 7.58. The second-order valence-corrected chi connectivity index (χ2v) is 5.40. The van der Waals surface area contributed by atoms with Gasteiger partial charge in [0.15, 0.2) is 29.1 Å². The molecule has 0 saturated heterocycles. The second-order valence-electron chi connectivity index (χ2n) is 5.40. The van der Waals surface area contributed by atoms with Crippen LogP contribution in [0.5, 0.6) is 0 Å². The van der Waals surface area contributed by atoms with E-state index in [0.29, 0.717) is 11.3 Å².